The van der Waals surface area contributed by atoms with Gasteiger partial charge in [0, 0.05) is 0 Å². The third-order valence-electron chi connectivity index (χ3n) is 4.02. The topological polar surface area (TPSA) is 32.6 Å². The summed E-state index contributed by atoms with van der Waals surface area (Å²) >= 11 is 0.330. The molecule has 21 heavy (non-hydrogen) atoms. The van der Waals surface area contributed by atoms with Gasteiger partial charge in [-0.05, 0) is 0 Å². The van der Waals surface area contributed by atoms with Crippen LogP contribution in [0.5, 0.6) is 0 Å². The number of hydrogen-bond donors (Lipinski definition) is 1. The molecule has 1 N–H and O–H groups in total. The molecule has 1 aliphatic rings. The van der Waals surface area contributed by atoms with Crippen LogP contribution in [0.2, 0.25) is 4.31 Å². The summed E-state index contributed by atoms with van der Waals surface area (Å²) in [7, 11) is 0. The minimum absolute atomic E-state index is 0.266. The number of aliphatic imine (C=N–C) groups is 1. The van der Waals surface area contributed by atoms with Crippen molar-refractivity contribution < 1.29 is 5.11 Å². The predicted molar refractivity (Wildman–Crippen MR) is 91.2 cm³/mol. The molecule has 3 heteroatoms. The SMILES string of the molecule is CCCC1(CCC)CC(C)(O)N=C(c2ccc(C)cc2)[Se]1. The molecule has 0 saturated heterocycles. The molecule has 0 fully saturated rings. The molecule has 2 nitrogen and oxygen atoms in total. The predicted octanol–water partition coefficient (Wildman–Crippen LogP) is 4.32. The van der Waals surface area contributed by atoms with Crippen molar-refractivity contribution in [2.45, 2.75) is 69.8 Å². The number of hydrogen-bond acceptors (Lipinski definition) is 2. The molecule has 1 unspecified atom stereocenters. The molecule has 0 amide bonds. The van der Waals surface area contributed by atoms with E-state index in [2.05, 4.69) is 50.0 Å². The summed E-state index contributed by atoms with van der Waals surface area (Å²) in [4.78, 5) is 4.67. The van der Waals surface area contributed by atoms with Crippen LogP contribution in [0.4, 0.5) is 0 Å². The molecule has 0 saturated carbocycles. The van der Waals surface area contributed by atoms with E-state index in [0.717, 1.165) is 11.0 Å². The van der Waals surface area contributed by atoms with Crippen LogP contribution in [0.1, 0.15) is 64.0 Å². The Bertz CT molecular complexity index is 498. The fourth-order valence-electron chi connectivity index (χ4n) is 3.27. The Morgan fingerprint density at radius 2 is 1.71 bits per heavy atom. The van der Waals surface area contributed by atoms with Crippen molar-refractivity contribution in [3.8, 4) is 0 Å². The first-order valence-electron chi connectivity index (χ1n) is 7.98. The Morgan fingerprint density at radius 3 is 2.24 bits per heavy atom. The zero-order valence-corrected chi connectivity index (χ0v) is 15.4. The maximum absolute atomic E-state index is 10.7. The summed E-state index contributed by atoms with van der Waals surface area (Å²) in [5, 5.41) is 10.7. The number of benzene rings is 1. The van der Waals surface area contributed by atoms with Crippen LogP contribution in [0.15, 0.2) is 29.3 Å². The fourth-order valence-corrected chi connectivity index (χ4v) is 7.18. The molecule has 1 aromatic carbocycles. The van der Waals surface area contributed by atoms with Gasteiger partial charge < -0.3 is 0 Å². The van der Waals surface area contributed by atoms with E-state index in [-0.39, 0.29) is 4.31 Å². The van der Waals surface area contributed by atoms with Crippen LogP contribution in [0.25, 0.3) is 0 Å². The average molecular weight is 352 g/mol. The fraction of sp³-hybridized carbons (Fsp3) is 0.611. The van der Waals surface area contributed by atoms with Gasteiger partial charge in [-0.15, -0.1) is 0 Å². The zero-order chi connectivity index (χ0) is 15.5. The molecule has 1 atom stereocenters. The van der Waals surface area contributed by atoms with Gasteiger partial charge >= 0.3 is 135 Å². The first kappa shape index (κ1) is 16.7. The number of nitrogens with zero attached hydrogens (tertiary/aromatic N) is 1. The number of aryl methyl sites for hydroxylation is 1. The van der Waals surface area contributed by atoms with E-state index < -0.39 is 5.72 Å². The van der Waals surface area contributed by atoms with Crippen molar-refractivity contribution in [2.24, 2.45) is 4.99 Å². The van der Waals surface area contributed by atoms with Gasteiger partial charge in [0.25, 0.3) is 0 Å². The summed E-state index contributed by atoms with van der Waals surface area (Å²) in [6, 6.07) is 8.58. The molecule has 1 aliphatic heterocycles. The van der Waals surface area contributed by atoms with E-state index >= 15 is 0 Å². The molecule has 0 spiro atoms. The third kappa shape index (κ3) is 4.18. The molecule has 1 heterocycles. The Kier molecular flexibility index (Phi) is 5.29. The molecular weight excluding hydrogens is 325 g/mol. The van der Waals surface area contributed by atoms with Crippen LogP contribution in [-0.4, -0.2) is 30.4 Å². The van der Waals surface area contributed by atoms with Crippen molar-refractivity contribution in [3.63, 3.8) is 0 Å². The number of aliphatic hydroxyl groups is 1. The molecule has 0 radical (unpaired) electrons. The van der Waals surface area contributed by atoms with E-state index in [9.17, 15) is 5.11 Å². The Balaban J connectivity index is 2.36. The third-order valence-corrected chi connectivity index (χ3v) is 7.18. The van der Waals surface area contributed by atoms with Gasteiger partial charge in [0.2, 0.25) is 0 Å². The van der Waals surface area contributed by atoms with Gasteiger partial charge in [0.05, 0.1) is 0 Å². The van der Waals surface area contributed by atoms with Gasteiger partial charge in [0.15, 0.2) is 0 Å². The first-order chi connectivity index (χ1) is 9.90. The molecule has 2 rings (SSSR count). The van der Waals surface area contributed by atoms with Crippen molar-refractivity contribution >= 4 is 19.6 Å². The van der Waals surface area contributed by atoms with Crippen LogP contribution >= 0.6 is 0 Å². The van der Waals surface area contributed by atoms with Gasteiger partial charge in [-0.3, -0.25) is 0 Å². The van der Waals surface area contributed by atoms with Crippen molar-refractivity contribution in [3.05, 3.63) is 35.4 Å². The summed E-state index contributed by atoms with van der Waals surface area (Å²) in [6.45, 7) is 8.47. The Labute approximate surface area is 135 Å². The standard InChI is InChI=1S/C18H27NOSe/c1-5-11-18(12-6-2)13-17(4,20)19-16(21-18)15-9-7-14(3)8-10-15/h7-10,20H,5-6,11-13H2,1-4H3. The second kappa shape index (κ2) is 6.64. The van der Waals surface area contributed by atoms with Crippen molar-refractivity contribution in [1.82, 2.24) is 0 Å². The number of rotatable bonds is 5. The second-order valence-electron chi connectivity index (χ2n) is 6.46. The molecule has 0 bridgehead atoms. The Morgan fingerprint density at radius 1 is 1.14 bits per heavy atom. The van der Waals surface area contributed by atoms with E-state index in [0.29, 0.717) is 15.0 Å². The van der Waals surface area contributed by atoms with E-state index in [1.165, 1.54) is 36.8 Å². The molecular formula is C18H27NOSe. The zero-order valence-electron chi connectivity index (χ0n) is 13.6. The van der Waals surface area contributed by atoms with Crippen molar-refractivity contribution in [2.75, 3.05) is 0 Å². The summed E-state index contributed by atoms with van der Waals surface area (Å²) in [5.74, 6) is 0. The van der Waals surface area contributed by atoms with Gasteiger partial charge in [0.1, 0.15) is 0 Å². The maximum atomic E-state index is 10.7. The van der Waals surface area contributed by atoms with E-state index in [1.807, 2.05) is 6.92 Å². The van der Waals surface area contributed by atoms with Crippen LogP contribution < -0.4 is 0 Å². The van der Waals surface area contributed by atoms with Gasteiger partial charge in [-0.2, -0.15) is 0 Å². The van der Waals surface area contributed by atoms with Crippen LogP contribution in [0, 0.1) is 6.92 Å². The molecule has 0 aliphatic carbocycles. The van der Waals surface area contributed by atoms with Crippen molar-refractivity contribution in [1.29, 1.82) is 0 Å². The normalized spacial score (nSPS) is 24.7. The summed E-state index contributed by atoms with van der Waals surface area (Å²) in [5.41, 5.74) is 1.55. The quantitative estimate of drug-likeness (QED) is 0.787. The summed E-state index contributed by atoms with van der Waals surface area (Å²) < 4.78 is 1.41. The van der Waals surface area contributed by atoms with E-state index in [4.69, 9.17) is 0 Å². The molecule has 1 aromatic rings. The van der Waals surface area contributed by atoms with E-state index in [1.54, 1.807) is 0 Å². The first-order valence-corrected chi connectivity index (χ1v) is 9.69. The van der Waals surface area contributed by atoms with Gasteiger partial charge in [-0.1, -0.05) is 0 Å². The van der Waals surface area contributed by atoms with Gasteiger partial charge in [-0.25, -0.2) is 0 Å². The molecule has 0 aromatic heterocycles. The monoisotopic (exact) mass is 353 g/mol. The van der Waals surface area contributed by atoms with Crippen LogP contribution in [0.3, 0.4) is 0 Å². The minimum atomic E-state index is -0.912. The average Bonchev–Trinajstić information content (AvgIpc) is 2.38. The summed E-state index contributed by atoms with van der Waals surface area (Å²) in [6.07, 6.45) is 5.57. The second-order valence-corrected chi connectivity index (χ2v) is 9.52. The van der Waals surface area contributed by atoms with Crippen LogP contribution in [-0.2, 0) is 0 Å². The molecule has 116 valence electrons. The Hall–Kier alpha value is -0.631.